The van der Waals surface area contributed by atoms with Crippen molar-refractivity contribution in [2.75, 3.05) is 0 Å². The highest BCUT2D eigenvalue weighted by molar-refractivity contribution is 5.87. The molecule has 0 saturated carbocycles. The van der Waals surface area contributed by atoms with Crippen LogP contribution in [0.25, 0.3) is 5.65 Å². The van der Waals surface area contributed by atoms with Gasteiger partial charge in [0.2, 0.25) is 0 Å². The topological polar surface area (TPSA) is 67.5 Å². The van der Waals surface area contributed by atoms with Crippen molar-refractivity contribution >= 4 is 11.6 Å². The number of carboxylic acid groups (broad SMARTS) is 1. The Morgan fingerprint density at radius 2 is 2.12 bits per heavy atom. The average Bonchev–Trinajstić information content (AvgIpc) is 2.72. The number of fused-ring (bicyclic) bond motifs is 1. The van der Waals surface area contributed by atoms with Gasteiger partial charge in [0.1, 0.15) is 0 Å². The number of rotatable bonds is 4. The van der Waals surface area contributed by atoms with Gasteiger partial charge in [-0.05, 0) is 25.0 Å². The highest BCUT2D eigenvalue weighted by atomic mass is 16.4. The molecule has 5 nitrogen and oxygen atoms in total. The molecule has 0 aliphatic rings. The molecule has 0 fully saturated rings. The summed E-state index contributed by atoms with van der Waals surface area (Å²) in [5.74, 6) is 0.173. The molecule has 1 N–H and O–H groups in total. The molecule has 2 heterocycles. The van der Waals surface area contributed by atoms with Gasteiger partial charge in [-0.15, -0.1) is 0 Å². The summed E-state index contributed by atoms with van der Waals surface area (Å²) in [6.07, 6.45) is 3.47. The summed E-state index contributed by atoms with van der Waals surface area (Å²) < 4.78 is 1.54. The van der Waals surface area contributed by atoms with E-state index in [0.717, 1.165) is 18.7 Å². The van der Waals surface area contributed by atoms with Crippen molar-refractivity contribution in [3.05, 3.63) is 29.7 Å². The molecule has 5 heteroatoms. The first-order valence-electron chi connectivity index (χ1n) is 5.75. The number of hydrogen-bond acceptors (Lipinski definition) is 3. The zero-order chi connectivity index (χ0) is 12.4. The van der Waals surface area contributed by atoms with Gasteiger partial charge in [-0.25, -0.2) is 14.3 Å². The second-order valence-electron chi connectivity index (χ2n) is 4.01. The zero-order valence-electron chi connectivity index (χ0n) is 9.92. The van der Waals surface area contributed by atoms with Crippen molar-refractivity contribution in [2.24, 2.45) is 0 Å². The second kappa shape index (κ2) is 4.53. The van der Waals surface area contributed by atoms with Gasteiger partial charge in [0.05, 0.1) is 5.56 Å². The molecule has 0 atom stereocenters. The first-order valence-corrected chi connectivity index (χ1v) is 5.75. The van der Waals surface area contributed by atoms with E-state index in [0.29, 0.717) is 11.6 Å². The maximum atomic E-state index is 10.8. The number of pyridine rings is 1. The lowest BCUT2D eigenvalue weighted by molar-refractivity contribution is 0.0696. The Bertz CT molecular complexity index is 544. The predicted octanol–water partition coefficient (Wildman–Crippen LogP) is 2.33. The van der Waals surface area contributed by atoms with Crippen LogP contribution in [0.4, 0.5) is 0 Å². The fraction of sp³-hybridized carbons (Fsp3) is 0.417. The highest BCUT2D eigenvalue weighted by Crippen LogP contribution is 2.20. The molecule has 2 rings (SSSR count). The molecule has 0 aliphatic carbocycles. The predicted molar refractivity (Wildman–Crippen MR) is 63.3 cm³/mol. The van der Waals surface area contributed by atoms with E-state index in [-0.39, 0.29) is 5.56 Å². The normalized spacial score (nSPS) is 11.2. The zero-order valence-corrected chi connectivity index (χ0v) is 9.92. The molecule has 0 aromatic carbocycles. The van der Waals surface area contributed by atoms with Crippen LogP contribution in [0.3, 0.4) is 0 Å². The summed E-state index contributed by atoms with van der Waals surface area (Å²) in [5.41, 5.74) is 0.912. The molecular formula is C12H15N3O2. The van der Waals surface area contributed by atoms with Crippen LogP contribution in [0.5, 0.6) is 0 Å². The largest absolute Gasteiger partial charge is 0.478 e. The monoisotopic (exact) mass is 233 g/mol. The number of aromatic nitrogens is 3. The van der Waals surface area contributed by atoms with Crippen LogP contribution in [-0.4, -0.2) is 25.7 Å². The van der Waals surface area contributed by atoms with E-state index >= 15 is 0 Å². The summed E-state index contributed by atoms with van der Waals surface area (Å²) in [6, 6.07) is 3.23. The molecule has 0 bridgehead atoms. The smallest absolute Gasteiger partial charge is 0.337 e. The molecule has 0 saturated heterocycles. The lowest BCUT2D eigenvalue weighted by Crippen LogP contribution is -2.00. The summed E-state index contributed by atoms with van der Waals surface area (Å²) in [4.78, 5) is 15.3. The Hall–Kier alpha value is -1.91. The van der Waals surface area contributed by atoms with Crippen molar-refractivity contribution in [1.82, 2.24) is 14.6 Å². The minimum atomic E-state index is -0.952. The van der Waals surface area contributed by atoms with Crippen LogP contribution >= 0.6 is 0 Å². The first-order chi connectivity index (χ1) is 8.15. The molecule has 0 amide bonds. The standard InChI is InChI=1S/C12H15N3O2/c1-3-8(4-2)11-13-10-6-5-9(12(16)17)7-15(10)14-11/h5-8H,3-4H2,1-2H3,(H,16,17). The Morgan fingerprint density at radius 3 is 2.71 bits per heavy atom. The number of aromatic carboxylic acids is 1. The van der Waals surface area contributed by atoms with Crippen molar-refractivity contribution in [3.63, 3.8) is 0 Å². The van der Waals surface area contributed by atoms with Gasteiger partial charge in [-0.1, -0.05) is 13.8 Å². The van der Waals surface area contributed by atoms with Gasteiger partial charge in [-0.3, -0.25) is 0 Å². The van der Waals surface area contributed by atoms with Crippen LogP contribution in [0, 0.1) is 0 Å². The molecular weight excluding hydrogens is 218 g/mol. The minimum Gasteiger partial charge on any atom is -0.478 e. The lowest BCUT2D eigenvalue weighted by atomic mass is 10.0. The SMILES string of the molecule is CCC(CC)c1nc2ccc(C(=O)O)cn2n1. The van der Waals surface area contributed by atoms with Crippen LogP contribution in [0.1, 0.15) is 48.8 Å². The van der Waals surface area contributed by atoms with Gasteiger partial charge in [-0.2, -0.15) is 5.10 Å². The average molecular weight is 233 g/mol. The van der Waals surface area contributed by atoms with E-state index in [1.165, 1.54) is 10.7 Å². The number of carbonyl (C=O) groups is 1. The Kier molecular flexibility index (Phi) is 3.08. The summed E-state index contributed by atoms with van der Waals surface area (Å²) in [5, 5.41) is 13.2. The Labute approximate surface area is 99.1 Å². The maximum absolute atomic E-state index is 10.8. The summed E-state index contributed by atoms with van der Waals surface area (Å²) in [6.45, 7) is 4.20. The van der Waals surface area contributed by atoms with Crippen molar-refractivity contribution < 1.29 is 9.90 Å². The molecule has 90 valence electrons. The van der Waals surface area contributed by atoms with Crippen LogP contribution in [0.2, 0.25) is 0 Å². The fourth-order valence-corrected chi connectivity index (χ4v) is 1.85. The number of nitrogens with zero attached hydrogens (tertiary/aromatic N) is 3. The van der Waals surface area contributed by atoms with E-state index in [2.05, 4.69) is 23.9 Å². The third kappa shape index (κ3) is 2.13. The third-order valence-electron chi connectivity index (χ3n) is 2.95. The van der Waals surface area contributed by atoms with Crippen molar-refractivity contribution in [1.29, 1.82) is 0 Å². The van der Waals surface area contributed by atoms with Crippen LogP contribution in [-0.2, 0) is 0 Å². The van der Waals surface area contributed by atoms with Gasteiger partial charge in [0.15, 0.2) is 11.5 Å². The molecule has 17 heavy (non-hydrogen) atoms. The molecule has 0 aliphatic heterocycles. The molecule has 2 aromatic heterocycles. The first kappa shape index (κ1) is 11.6. The van der Waals surface area contributed by atoms with Gasteiger partial charge in [0, 0.05) is 12.1 Å². The Morgan fingerprint density at radius 1 is 1.41 bits per heavy atom. The minimum absolute atomic E-state index is 0.221. The van der Waals surface area contributed by atoms with E-state index in [1.54, 1.807) is 12.1 Å². The quantitative estimate of drug-likeness (QED) is 0.880. The molecule has 2 aromatic rings. The molecule has 0 radical (unpaired) electrons. The lowest BCUT2D eigenvalue weighted by Gasteiger charge is -2.05. The van der Waals surface area contributed by atoms with Gasteiger partial charge < -0.3 is 5.11 Å². The molecule has 0 spiro atoms. The van der Waals surface area contributed by atoms with Crippen molar-refractivity contribution in [2.45, 2.75) is 32.6 Å². The Balaban J connectivity index is 2.46. The van der Waals surface area contributed by atoms with Gasteiger partial charge >= 0.3 is 5.97 Å². The van der Waals surface area contributed by atoms with Gasteiger partial charge in [0.25, 0.3) is 0 Å². The highest BCUT2D eigenvalue weighted by Gasteiger charge is 2.14. The van der Waals surface area contributed by atoms with E-state index in [9.17, 15) is 4.79 Å². The summed E-state index contributed by atoms with van der Waals surface area (Å²) in [7, 11) is 0. The van der Waals surface area contributed by atoms with Crippen molar-refractivity contribution in [3.8, 4) is 0 Å². The fourth-order valence-electron chi connectivity index (χ4n) is 1.85. The van der Waals surface area contributed by atoms with E-state index in [4.69, 9.17) is 5.11 Å². The molecule has 0 unspecified atom stereocenters. The summed E-state index contributed by atoms with van der Waals surface area (Å²) >= 11 is 0. The number of carboxylic acids is 1. The third-order valence-corrected chi connectivity index (χ3v) is 2.95. The van der Waals surface area contributed by atoms with E-state index in [1.807, 2.05) is 0 Å². The second-order valence-corrected chi connectivity index (χ2v) is 4.01. The maximum Gasteiger partial charge on any atom is 0.337 e. The van der Waals surface area contributed by atoms with Crippen LogP contribution in [0.15, 0.2) is 18.3 Å². The number of hydrogen-bond donors (Lipinski definition) is 1. The van der Waals surface area contributed by atoms with E-state index < -0.39 is 5.97 Å². The van der Waals surface area contributed by atoms with Crippen LogP contribution < -0.4 is 0 Å².